The molecule has 9 aromatic heterocycles. The Bertz CT molecular complexity index is 5280. The number of fused-ring (bicyclic) bond motifs is 6. The summed E-state index contributed by atoms with van der Waals surface area (Å²) in [5.74, 6) is 2.18. The van der Waals surface area contributed by atoms with Crippen LogP contribution in [0.25, 0.3) is 82.9 Å². The Balaban J connectivity index is 0.000000133. The van der Waals surface area contributed by atoms with Crippen molar-refractivity contribution in [2.24, 2.45) is 0 Å². The molecule has 0 aliphatic heterocycles. The molecule has 0 spiro atoms. The number of rotatable bonds is 12. The van der Waals surface area contributed by atoms with E-state index in [0.29, 0.717) is 84.6 Å². The molecule has 0 aliphatic carbocycles. The van der Waals surface area contributed by atoms with Crippen molar-refractivity contribution in [2.45, 2.75) is 60.7 Å². The molecule has 0 fully saturated rings. The van der Waals surface area contributed by atoms with E-state index < -0.39 is 28.8 Å². The number of nitrogens with zero attached hydrogens (tertiary/aromatic N) is 12. The first-order valence-electron chi connectivity index (χ1n) is 29.1. The van der Waals surface area contributed by atoms with Crippen LogP contribution in [0, 0.1) is 32.4 Å². The number of nitrogens with one attached hydrogen (secondary N) is 6. The van der Waals surface area contributed by atoms with Crippen molar-refractivity contribution in [2.75, 3.05) is 16.0 Å². The average Bonchev–Trinajstić information content (AvgIpc) is 1.65. The smallest absolute Gasteiger partial charge is 0.269 e. The zero-order chi connectivity index (χ0) is 63.7. The summed E-state index contributed by atoms with van der Waals surface area (Å²) in [5.41, 5.74) is 7.21. The molecule has 15 aromatic rings. The predicted octanol–water partition coefficient (Wildman–Crippen LogP) is 13.4. The summed E-state index contributed by atoms with van der Waals surface area (Å²) >= 11 is 6.38. The second-order valence-corrected chi connectivity index (χ2v) is 22.2. The Kier molecular flexibility index (Phi) is 17.1. The average molecular weight is 1260 g/mol. The molecular formula is C69H59ClF2N18O3. The van der Waals surface area contributed by atoms with Crippen molar-refractivity contribution < 1.29 is 8.78 Å². The summed E-state index contributed by atoms with van der Waals surface area (Å²) in [5, 5.41) is 13.2. The number of halogens is 3. The van der Waals surface area contributed by atoms with Gasteiger partial charge in [0.15, 0.2) is 0 Å². The molecule has 15 rings (SSSR count). The molecule has 21 nitrogen and oxygen atoms in total. The van der Waals surface area contributed by atoms with E-state index in [4.69, 9.17) is 16.6 Å². The molecule has 464 valence electrons. The van der Waals surface area contributed by atoms with Gasteiger partial charge in [-0.05, 0) is 142 Å². The van der Waals surface area contributed by atoms with Crippen LogP contribution in [0.3, 0.4) is 0 Å². The van der Waals surface area contributed by atoms with E-state index in [1.165, 1.54) is 40.2 Å². The van der Waals surface area contributed by atoms with Gasteiger partial charge in [-0.15, -0.1) is 0 Å². The number of H-pyrrole nitrogens is 3. The lowest BCUT2D eigenvalue weighted by Gasteiger charge is -2.20. The lowest BCUT2D eigenvalue weighted by atomic mass is 10.1. The fraction of sp³-hybridized carbons (Fsp3) is 0.130. The van der Waals surface area contributed by atoms with Gasteiger partial charge in [-0.2, -0.15) is 0 Å². The molecule has 9 heterocycles. The van der Waals surface area contributed by atoms with Crippen LogP contribution in [-0.2, 0) is 6.54 Å². The van der Waals surface area contributed by atoms with Gasteiger partial charge in [-0.25, -0.2) is 53.6 Å². The van der Waals surface area contributed by atoms with E-state index in [1.807, 2.05) is 126 Å². The zero-order valence-corrected chi connectivity index (χ0v) is 50.7. The predicted molar refractivity (Wildman–Crippen MR) is 361 cm³/mol. The normalized spacial score (nSPS) is 11.9. The van der Waals surface area contributed by atoms with Gasteiger partial charge in [0.2, 0.25) is 0 Å². The van der Waals surface area contributed by atoms with Gasteiger partial charge in [0, 0.05) is 18.6 Å². The summed E-state index contributed by atoms with van der Waals surface area (Å²) < 4.78 is 33.5. The van der Waals surface area contributed by atoms with Crippen LogP contribution in [-0.4, -0.2) is 73.5 Å². The third-order valence-electron chi connectivity index (χ3n) is 15.4. The highest BCUT2D eigenvalue weighted by atomic mass is 35.5. The van der Waals surface area contributed by atoms with Crippen LogP contribution in [0.5, 0.6) is 0 Å². The molecule has 0 saturated heterocycles. The van der Waals surface area contributed by atoms with Gasteiger partial charge >= 0.3 is 0 Å². The van der Waals surface area contributed by atoms with Gasteiger partial charge in [0.1, 0.15) is 93.3 Å². The Morgan fingerprint density at radius 1 is 0.462 bits per heavy atom. The number of benzene rings is 6. The number of hydrogen-bond acceptors (Lipinski definition) is 15. The molecule has 6 N–H and O–H groups in total. The molecule has 93 heavy (non-hydrogen) atoms. The molecular weight excluding hydrogens is 1200 g/mol. The maximum absolute atomic E-state index is 14.6. The Labute approximate surface area is 533 Å². The maximum atomic E-state index is 14.6. The second kappa shape index (κ2) is 25.9. The number of aromatic amines is 3. The third kappa shape index (κ3) is 12.1. The molecule has 0 saturated carbocycles. The molecule has 0 aliphatic rings. The fourth-order valence-electron chi connectivity index (χ4n) is 11.1. The molecule has 6 aromatic carbocycles. The highest BCUT2D eigenvalue weighted by Crippen LogP contribution is 2.30. The van der Waals surface area contributed by atoms with Gasteiger partial charge < -0.3 is 30.9 Å². The second-order valence-electron chi connectivity index (χ2n) is 21.8. The van der Waals surface area contributed by atoms with E-state index in [-0.39, 0.29) is 36.3 Å². The molecule has 2 atom stereocenters. The third-order valence-corrected chi connectivity index (χ3v) is 15.7. The van der Waals surface area contributed by atoms with Crippen molar-refractivity contribution in [3.63, 3.8) is 0 Å². The van der Waals surface area contributed by atoms with Crippen molar-refractivity contribution in [3.05, 3.63) is 265 Å². The minimum Gasteiger partial charge on any atom is -0.362 e. The van der Waals surface area contributed by atoms with Crippen molar-refractivity contribution in [1.29, 1.82) is 0 Å². The van der Waals surface area contributed by atoms with Crippen molar-refractivity contribution in [1.82, 2.24) is 73.5 Å². The molecule has 0 unspecified atom stereocenters. The first-order valence-corrected chi connectivity index (χ1v) is 29.5. The highest BCUT2D eigenvalue weighted by molar-refractivity contribution is 6.35. The van der Waals surface area contributed by atoms with Gasteiger partial charge in [0.05, 0.1) is 78.8 Å². The van der Waals surface area contributed by atoms with Crippen LogP contribution >= 0.6 is 11.6 Å². The van der Waals surface area contributed by atoms with Crippen LogP contribution in [0.4, 0.5) is 26.2 Å². The maximum Gasteiger partial charge on any atom is 0.269 e. The van der Waals surface area contributed by atoms with E-state index in [9.17, 15) is 23.2 Å². The van der Waals surface area contributed by atoms with E-state index in [2.05, 4.69) is 70.8 Å². The number of aryl methyl sites for hydroxylation is 3. The van der Waals surface area contributed by atoms with E-state index in [1.54, 1.807) is 65.5 Å². The summed E-state index contributed by atoms with van der Waals surface area (Å²) in [6.07, 6.45) is 9.80. The summed E-state index contributed by atoms with van der Waals surface area (Å²) in [6.45, 7) is 9.91. The minimum atomic E-state index is -0.589. The standard InChI is InChI=1S/C23H19ClN6O.C23H19FN6O.C22H17FN6O.CH4/c2*1-13-5-3-6-15(11-13)30-22(29-18-8-4-7-17(24)19(18)23(30)31)14(2)28-21-16-9-10-25-20(16)26-12-27-21;1-13-4-2-5-14(10-13)29-18(28-17-7-3-6-16(23)19(17)22(29)30)11-25-21-15-8-9-24-20(15)26-12-27-21;/h2*3-12,14H,1-2H3,(H2,25,26,27,28);2-10,12H,11H2,1H3,(H2,24,25,26,27);1H4/t2*14-;;/m00../s1. The minimum absolute atomic E-state index is 0. The topological polar surface area (TPSA) is 265 Å². The molecule has 0 amide bonds. The molecule has 24 heteroatoms. The van der Waals surface area contributed by atoms with Crippen LogP contribution in [0.15, 0.2) is 198 Å². The number of anilines is 3. The monoisotopic (exact) mass is 1260 g/mol. The number of aromatic nitrogens is 15. The zero-order valence-electron chi connectivity index (χ0n) is 49.9. The van der Waals surface area contributed by atoms with E-state index >= 15 is 0 Å². The largest absolute Gasteiger partial charge is 0.362 e. The lowest BCUT2D eigenvalue weighted by molar-refractivity contribution is 0.635. The molecule has 0 bridgehead atoms. The van der Waals surface area contributed by atoms with Gasteiger partial charge in [-0.1, -0.05) is 73.6 Å². The quantitative estimate of drug-likeness (QED) is 0.0664. The van der Waals surface area contributed by atoms with Crippen LogP contribution in [0.1, 0.15) is 67.5 Å². The van der Waals surface area contributed by atoms with E-state index in [0.717, 1.165) is 44.2 Å². The van der Waals surface area contributed by atoms with Gasteiger partial charge in [-0.3, -0.25) is 28.1 Å². The Morgan fingerprint density at radius 3 is 1.30 bits per heavy atom. The first-order chi connectivity index (χ1) is 44.7. The van der Waals surface area contributed by atoms with Gasteiger partial charge in [0.25, 0.3) is 16.7 Å². The Morgan fingerprint density at radius 2 is 0.839 bits per heavy atom. The summed E-state index contributed by atoms with van der Waals surface area (Å²) in [6, 6.07) is 41.9. The summed E-state index contributed by atoms with van der Waals surface area (Å²) in [7, 11) is 0. The SMILES string of the molecule is C.Cc1cccc(-n2c(CNc3ncnc4[nH]ccc34)nc3cccc(F)c3c2=O)c1.Cc1cccc(-n2c([C@H](C)Nc3ncnc4[nH]ccc34)nc3cccc(Cl)c3c2=O)c1.Cc1cccc(-n2c([C@H](C)Nc3ncnc4[nH]ccc34)nc3cccc(F)c3c2=O)c1. The molecule has 0 radical (unpaired) electrons. The van der Waals surface area contributed by atoms with Crippen molar-refractivity contribution >= 4 is 94.9 Å². The number of hydrogen-bond donors (Lipinski definition) is 6. The first kappa shape index (κ1) is 61.4. The van der Waals surface area contributed by atoms with Crippen LogP contribution in [0.2, 0.25) is 5.02 Å². The van der Waals surface area contributed by atoms with Crippen LogP contribution < -0.4 is 32.6 Å². The van der Waals surface area contributed by atoms with Crippen molar-refractivity contribution in [3.8, 4) is 17.1 Å². The fourth-order valence-corrected chi connectivity index (χ4v) is 11.4. The lowest BCUT2D eigenvalue weighted by Crippen LogP contribution is -2.28. The summed E-state index contributed by atoms with van der Waals surface area (Å²) in [4.78, 5) is 89.2. The Hall–Kier alpha value is -11.9. The highest BCUT2D eigenvalue weighted by Gasteiger charge is 2.24.